The van der Waals surface area contributed by atoms with Gasteiger partial charge in [-0.1, -0.05) is 41.9 Å². The van der Waals surface area contributed by atoms with Crippen molar-refractivity contribution in [3.8, 4) is 0 Å². The van der Waals surface area contributed by atoms with Crippen LogP contribution in [0.5, 0.6) is 0 Å². The van der Waals surface area contributed by atoms with Gasteiger partial charge in [0.15, 0.2) is 0 Å². The molecule has 6 nitrogen and oxygen atoms in total. The predicted octanol–water partition coefficient (Wildman–Crippen LogP) is 3.86. The molecule has 4 rings (SSSR count). The molecule has 1 atom stereocenters. The van der Waals surface area contributed by atoms with Gasteiger partial charge in [0.1, 0.15) is 6.04 Å². The predicted molar refractivity (Wildman–Crippen MR) is 101 cm³/mol. The van der Waals surface area contributed by atoms with Gasteiger partial charge in [-0.2, -0.15) is 4.72 Å². The van der Waals surface area contributed by atoms with Crippen molar-refractivity contribution in [3.05, 3.63) is 77.0 Å². The third-order valence-corrected chi connectivity index (χ3v) is 6.12. The minimum absolute atomic E-state index is 0.131. The van der Waals surface area contributed by atoms with E-state index in [4.69, 9.17) is 16.0 Å². The molecule has 1 heterocycles. The number of aromatic nitrogens is 2. The van der Waals surface area contributed by atoms with E-state index < -0.39 is 16.1 Å². The Morgan fingerprint density at radius 2 is 1.78 bits per heavy atom. The average Bonchev–Trinajstić information content (AvgIpc) is 3.39. The lowest BCUT2D eigenvalue weighted by Crippen LogP contribution is -2.30. The zero-order valence-corrected chi connectivity index (χ0v) is 15.9. The van der Waals surface area contributed by atoms with Crippen molar-refractivity contribution >= 4 is 21.6 Å². The molecule has 0 aliphatic heterocycles. The van der Waals surface area contributed by atoms with Crippen LogP contribution >= 0.6 is 11.6 Å². The summed E-state index contributed by atoms with van der Waals surface area (Å²) in [5.41, 5.74) is 0.965. The van der Waals surface area contributed by atoms with Gasteiger partial charge in [-0.3, -0.25) is 0 Å². The van der Waals surface area contributed by atoms with Crippen LogP contribution in [0.15, 0.2) is 63.9 Å². The normalized spacial score (nSPS) is 15.6. The lowest BCUT2D eigenvalue weighted by molar-refractivity contribution is 0.401. The number of nitrogens with one attached hydrogen (secondary N) is 1. The molecule has 140 valence electrons. The molecule has 2 aromatic carbocycles. The van der Waals surface area contributed by atoms with Crippen molar-refractivity contribution in [1.82, 2.24) is 14.9 Å². The Balaban J connectivity index is 1.63. The summed E-state index contributed by atoms with van der Waals surface area (Å²) < 4.78 is 34.1. The second-order valence-electron chi connectivity index (χ2n) is 6.57. The zero-order chi connectivity index (χ0) is 18.9. The van der Waals surface area contributed by atoms with Crippen LogP contribution in [0.2, 0.25) is 5.02 Å². The highest BCUT2D eigenvalue weighted by Crippen LogP contribution is 2.39. The van der Waals surface area contributed by atoms with E-state index in [9.17, 15) is 8.42 Å². The minimum atomic E-state index is -3.78. The van der Waals surface area contributed by atoms with E-state index in [2.05, 4.69) is 14.9 Å². The van der Waals surface area contributed by atoms with E-state index in [1.54, 1.807) is 12.1 Å². The fourth-order valence-corrected chi connectivity index (χ4v) is 4.10. The molecule has 1 aromatic heterocycles. The van der Waals surface area contributed by atoms with Crippen LogP contribution < -0.4 is 4.72 Å². The van der Waals surface area contributed by atoms with Gasteiger partial charge in [0.25, 0.3) is 0 Å². The smallest absolute Gasteiger partial charge is 0.241 e. The number of hydrogen-bond donors (Lipinski definition) is 1. The first-order chi connectivity index (χ1) is 13.0. The van der Waals surface area contributed by atoms with Gasteiger partial charge < -0.3 is 4.42 Å². The molecule has 0 amide bonds. The molecule has 0 saturated heterocycles. The molecule has 1 unspecified atom stereocenters. The van der Waals surface area contributed by atoms with E-state index in [0.717, 1.165) is 18.4 Å². The highest BCUT2D eigenvalue weighted by molar-refractivity contribution is 7.89. The van der Waals surface area contributed by atoms with Gasteiger partial charge in [-0.05, 0) is 49.1 Å². The second-order valence-corrected chi connectivity index (χ2v) is 8.72. The van der Waals surface area contributed by atoms with Gasteiger partial charge in [-0.15, -0.1) is 10.2 Å². The fraction of sp³-hybridized carbons (Fsp3) is 0.263. The summed E-state index contributed by atoms with van der Waals surface area (Å²) in [7, 11) is -3.78. The summed E-state index contributed by atoms with van der Waals surface area (Å²) in [6, 6.07) is 14.9. The van der Waals surface area contributed by atoms with Crippen LogP contribution in [0.25, 0.3) is 0 Å². The highest BCUT2D eigenvalue weighted by atomic mass is 35.5. The third-order valence-electron chi connectivity index (χ3n) is 4.38. The minimum Gasteiger partial charge on any atom is -0.423 e. The van der Waals surface area contributed by atoms with E-state index in [0.29, 0.717) is 23.3 Å². The maximum atomic E-state index is 12.8. The van der Waals surface area contributed by atoms with Crippen LogP contribution in [0.4, 0.5) is 0 Å². The topological polar surface area (TPSA) is 85.1 Å². The quantitative estimate of drug-likeness (QED) is 0.647. The van der Waals surface area contributed by atoms with Crippen molar-refractivity contribution in [2.75, 3.05) is 0 Å². The summed E-state index contributed by atoms with van der Waals surface area (Å²) in [6.45, 7) is 0. The van der Waals surface area contributed by atoms with Gasteiger partial charge in [0.2, 0.25) is 21.8 Å². The molecule has 0 bridgehead atoms. The first-order valence-corrected chi connectivity index (χ1v) is 10.5. The van der Waals surface area contributed by atoms with Crippen molar-refractivity contribution in [2.24, 2.45) is 0 Å². The SMILES string of the molecule is O=S(=O)(NC(Cc1ccccc1)c1nnc(C2CC2)o1)c1ccc(Cl)cc1. The lowest BCUT2D eigenvalue weighted by atomic mass is 10.1. The Morgan fingerprint density at radius 1 is 1.07 bits per heavy atom. The number of rotatable bonds is 7. The van der Waals surface area contributed by atoms with Crippen LogP contribution in [0.3, 0.4) is 0 Å². The molecule has 1 aliphatic rings. The molecule has 1 aliphatic carbocycles. The molecule has 27 heavy (non-hydrogen) atoms. The van der Waals surface area contributed by atoms with Crippen LogP contribution in [-0.2, 0) is 16.4 Å². The van der Waals surface area contributed by atoms with Gasteiger partial charge >= 0.3 is 0 Å². The van der Waals surface area contributed by atoms with Crippen molar-refractivity contribution in [3.63, 3.8) is 0 Å². The number of sulfonamides is 1. The van der Waals surface area contributed by atoms with E-state index in [1.165, 1.54) is 12.1 Å². The molecule has 1 fully saturated rings. The standard InChI is InChI=1S/C19H18ClN3O3S/c20-15-8-10-16(11-9-15)27(24,25)23-17(12-13-4-2-1-3-5-13)19-22-21-18(26-19)14-6-7-14/h1-5,8-11,14,17,23H,6-7,12H2. The Morgan fingerprint density at radius 3 is 2.44 bits per heavy atom. The largest absolute Gasteiger partial charge is 0.423 e. The van der Waals surface area contributed by atoms with E-state index in [-0.39, 0.29) is 10.8 Å². The summed E-state index contributed by atoms with van der Waals surface area (Å²) in [5.74, 6) is 1.16. The third kappa shape index (κ3) is 4.37. The number of benzene rings is 2. The Labute approximate surface area is 162 Å². The van der Waals surface area contributed by atoms with Crippen molar-refractivity contribution in [2.45, 2.75) is 36.1 Å². The Kier molecular flexibility index (Phi) is 4.99. The van der Waals surface area contributed by atoms with E-state index in [1.807, 2.05) is 30.3 Å². The number of hydrogen-bond acceptors (Lipinski definition) is 5. The summed E-state index contributed by atoms with van der Waals surface area (Å²) in [5, 5.41) is 8.66. The van der Waals surface area contributed by atoms with Crippen LogP contribution in [-0.4, -0.2) is 18.6 Å². The summed E-state index contributed by atoms with van der Waals surface area (Å²) in [6.07, 6.45) is 2.46. The summed E-state index contributed by atoms with van der Waals surface area (Å²) in [4.78, 5) is 0.131. The average molecular weight is 404 g/mol. The van der Waals surface area contributed by atoms with Gasteiger partial charge in [0.05, 0.1) is 4.90 Å². The number of nitrogens with zero attached hydrogens (tertiary/aromatic N) is 2. The second kappa shape index (κ2) is 7.42. The molecule has 0 spiro atoms. The van der Waals surface area contributed by atoms with Crippen LogP contribution in [0.1, 0.15) is 42.1 Å². The molecule has 1 saturated carbocycles. The monoisotopic (exact) mass is 403 g/mol. The lowest BCUT2D eigenvalue weighted by Gasteiger charge is -2.16. The molecular formula is C19H18ClN3O3S. The molecular weight excluding hydrogens is 386 g/mol. The maximum absolute atomic E-state index is 12.8. The highest BCUT2D eigenvalue weighted by Gasteiger charge is 2.32. The first kappa shape index (κ1) is 18.2. The molecule has 8 heteroatoms. The molecule has 0 radical (unpaired) electrons. The summed E-state index contributed by atoms with van der Waals surface area (Å²) >= 11 is 5.86. The first-order valence-electron chi connectivity index (χ1n) is 8.66. The Bertz CT molecular complexity index is 1020. The van der Waals surface area contributed by atoms with Crippen molar-refractivity contribution < 1.29 is 12.8 Å². The number of halogens is 1. The van der Waals surface area contributed by atoms with Crippen molar-refractivity contribution in [1.29, 1.82) is 0 Å². The van der Waals surface area contributed by atoms with Gasteiger partial charge in [0, 0.05) is 10.9 Å². The molecule has 3 aromatic rings. The maximum Gasteiger partial charge on any atom is 0.241 e. The van der Waals surface area contributed by atoms with Gasteiger partial charge in [-0.25, -0.2) is 8.42 Å². The van der Waals surface area contributed by atoms with E-state index >= 15 is 0 Å². The molecule has 1 N–H and O–H groups in total. The fourth-order valence-electron chi connectivity index (χ4n) is 2.78. The Hall–Kier alpha value is -2.22. The zero-order valence-electron chi connectivity index (χ0n) is 14.4. The van der Waals surface area contributed by atoms with Crippen LogP contribution in [0, 0.1) is 0 Å².